The molecule has 0 aliphatic rings. The van der Waals surface area contributed by atoms with Gasteiger partial charge >= 0.3 is 0 Å². The molecule has 0 amide bonds. The molecule has 0 spiro atoms. The van der Waals surface area contributed by atoms with Crippen molar-refractivity contribution in [1.29, 1.82) is 0 Å². The summed E-state index contributed by atoms with van der Waals surface area (Å²) in [5.41, 5.74) is 4.09. The summed E-state index contributed by atoms with van der Waals surface area (Å²) in [5, 5.41) is 3.62. The summed E-state index contributed by atoms with van der Waals surface area (Å²) >= 11 is 0. The average Bonchev–Trinajstić information content (AvgIpc) is 2.74. The van der Waals surface area contributed by atoms with Crippen molar-refractivity contribution >= 4 is 0 Å². The molecule has 114 valence electrons. The highest BCUT2D eigenvalue weighted by Crippen LogP contribution is 2.34. The second-order valence-corrected chi connectivity index (χ2v) is 6.70. The fraction of sp³-hybridized carbons (Fsp3) is 0.474. The summed E-state index contributed by atoms with van der Waals surface area (Å²) < 4.78 is 5.75. The second kappa shape index (κ2) is 6.07. The lowest BCUT2D eigenvalue weighted by Crippen LogP contribution is -2.26. The number of nitrogens with one attached hydrogen (secondary N) is 1. The van der Waals surface area contributed by atoms with Gasteiger partial charge in [-0.2, -0.15) is 0 Å². The third-order valence-corrected chi connectivity index (χ3v) is 3.88. The number of aryl methyl sites for hydroxylation is 2. The molecular formula is C19H27NO. The lowest BCUT2D eigenvalue weighted by atomic mass is 9.80. The van der Waals surface area contributed by atoms with Gasteiger partial charge in [0.1, 0.15) is 11.5 Å². The molecule has 0 saturated carbocycles. The fourth-order valence-electron chi connectivity index (χ4n) is 2.96. The maximum atomic E-state index is 5.75. The van der Waals surface area contributed by atoms with E-state index in [1.54, 1.807) is 0 Å². The summed E-state index contributed by atoms with van der Waals surface area (Å²) in [5.74, 6) is 1.97. The first-order valence-corrected chi connectivity index (χ1v) is 7.74. The quantitative estimate of drug-likeness (QED) is 0.865. The van der Waals surface area contributed by atoms with E-state index in [0.717, 1.165) is 18.1 Å². The number of benzene rings is 1. The highest BCUT2D eigenvalue weighted by molar-refractivity contribution is 5.42. The maximum Gasteiger partial charge on any atom is 0.106 e. The zero-order chi connectivity index (χ0) is 15.6. The van der Waals surface area contributed by atoms with Crippen LogP contribution in [0.4, 0.5) is 0 Å². The molecule has 21 heavy (non-hydrogen) atoms. The van der Waals surface area contributed by atoms with Crippen LogP contribution >= 0.6 is 0 Å². The van der Waals surface area contributed by atoms with E-state index in [1.807, 2.05) is 13.8 Å². The highest BCUT2D eigenvalue weighted by Gasteiger charge is 2.25. The molecule has 0 radical (unpaired) electrons. The summed E-state index contributed by atoms with van der Waals surface area (Å²) in [6.07, 6.45) is 0. The van der Waals surface area contributed by atoms with Gasteiger partial charge in [0, 0.05) is 5.56 Å². The molecule has 0 fully saturated rings. The van der Waals surface area contributed by atoms with Crippen LogP contribution in [0.1, 0.15) is 61.9 Å². The molecule has 2 rings (SSSR count). The average molecular weight is 285 g/mol. The Labute approximate surface area is 128 Å². The third-order valence-electron chi connectivity index (χ3n) is 3.88. The van der Waals surface area contributed by atoms with Crippen molar-refractivity contribution in [1.82, 2.24) is 5.32 Å². The minimum atomic E-state index is 0.122. The van der Waals surface area contributed by atoms with Crippen molar-refractivity contribution < 1.29 is 4.42 Å². The van der Waals surface area contributed by atoms with Crippen molar-refractivity contribution in [3.05, 3.63) is 58.5 Å². The largest absolute Gasteiger partial charge is 0.466 e. The maximum absolute atomic E-state index is 5.75. The smallest absolute Gasteiger partial charge is 0.106 e. The zero-order valence-electron chi connectivity index (χ0n) is 14.1. The van der Waals surface area contributed by atoms with Crippen molar-refractivity contribution in [2.45, 2.75) is 53.0 Å². The molecule has 1 aromatic heterocycles. The number of rotatable bonds is 4. The molecule has 2 nitrogen and oxygen atoms in total. The van der Waals surface area contributed by atoms with Gasteiger partial charge < -0.3 is 9.73 Å². The molecule has 1 aromatic carbocycles. The van der Waals surface area contributed by atoms with Crippen molar-refractivity contribution in [2.24, 2.45) is 0 Å². The molecule has 1 atom stereocenters. The normalized spacial score (nSPS) is 13.4. The Balaban J connectivity index is 2.56. The van der Waals surface area contributed by atoms with E-state index in [-0.39, 0.29) is 11.5 Å². The van der Waals surface area contributed by atoms with Gasteiger partial charge in [-0.25, -0.2) is 0 Å². The molecule has 0 aliphatic heterocycles. The Bertz CT molecular complexity index is 604. The Morgan fingerprint density at radius 2 is 1.76 bits per heavy atom. The van der Waals surface area contributed by atoms with Gasteiger partial charge in [-0.1, -0.05) is 52.0 Å². The van der Waals surface area contributed by atoms with Gasteiger partial charge in [-0.3, -0.25) is 0 Å². The van der Waals surface area contributed by atoms with Crippen molar-refractivity contribution in [3.63, 3.8) is 0 Å². The van der Waals surface area contributed by atoms with Gasteiger partial charge in [0.2, 0.25) is 0 Å². The first-order valence-electron chi connectivity index (χ1n) is 7.74. The van der Waals surface area contributed by atoms with Crippen molar-refractivity contribution in [3.8, 4) is 0 Å². The molecule has 1 unspecified atom stereocenters. The summed E-state index contributed by atoms with van der Waals surface area (Å²) in [6, 6.07) is 11.1. The van der Waals surface area contributed by atoms with E-state index in [4.69, 9.17) is 4.42 Å². The van der Waals surface area contributed by atoms with Gasteiger partial charge in [0.05, 0.1) is 6.04 Å². The molecule has 0 saturated heterocycles. The van der Waals surface area contributed by atoms with Gasteiger partial charge in [0.15, 0.2) is 0 Å². The molecule has 2 heteroatoms. The van der Waals surface area contributed by atoms with E-state index in [2.05, 4.69) is 63.3 Å². The Kier molecular flexibility index (Phi) is 4.58. The van der Waals surface area contributed by atoms with Crippen LogP contribution in [0.25, 0.3) is 0 Å². The first-order chi connectivity index (χ1) is 9.84. The van der Waals surface area contributed by atoms with Crippen LogP contribution in [-0.4, -0.2) is 6.54 Å². The summed E-state index contributed by atoms with van der Waals surface area (Å²) in [7, 11) is 0. The fourth-order valence-corrected chi connectivity index (χ4v) is 2.96. The highest BCUT2D eigenvalue weighted by atomic mass is 16.3. The van der Waals surface area contributed by atoms with E-state index in [1.165, 1.54) is 16.7 Å². The molecule has 0 bridgehead atoms. The van der Waals surface area contributed by atoms with Gasteiger partial charge in [0.25, 0.3) is 0 Å². The molecule has 1 heterocycles. The summed E-state index contributed by atoms with van der Waals surface area (Å²) in [4.78, 5) is 0. The van der Waals surface area contributed by atoms with Crippen molar-refractivity contribution in [2.75, 3.05) is 6.54 Å². The Morgan fingerprint density at radius 1 is 1.10 bits per heavy atom. The van der Waals surface area contributed by atoms with E-state index in [0.29, 0.717) is 0 Å². The topological polar surface area (TPSA) is 25.2 Å². The lowest BCUT2D eigenvalue weighted by molar-refractivity contribution is 0.493. The van der Waals surface area contributed by atoms with Crippen LogP contribution in [0.15, 0.2) is 34.7 Å². The minimum absolute atomic E-state index is 0.122. The second-order valence-electron chi connectivity index (χ2n) is 6.70. The van der Waals surface area contributed by atoms with Crippen LogP contribution in [0.5, 0.6) is 0 Å². The van der Waals surface area contributed by atoms with Crippen LogP contribution in [0.3, 0.4) is 0 Å². The van der Waals surface area contributed by atoms with Crippen LogP contribution in [-0.2, 0) is 5.41 Å². The van der Waals surface area contributed by atoms with Crippen LogP contribution < -0.4 is 5.32 Å². The lowest BCUT2D eigenvalue weighted by Gasteiger charge is -2.28. The van der Waals surface area contributed by atoms with E-state index >= 15 is 0 Å². The number of hydrogen-bond acceptors (Lipinski definition) is 2. The number of hydrogen-bond donors (Lipinski definition) is 1. The predicted molar refractivity (Wildman–Crippen MR) is 88.8 cm³/mol. The zero-order valence-corrected chi connectivity index (χ0v) is 14.1. The number of furan rings is 1. The Hall–Kier alpha value is -1.54. The first kappa shape index (κ1) is 15.8. The van der Waals surface area contributed by atoms with Gasteiger partial charge in [-0.05, 0) is 43.0 Å². The van der Waals surface area contributed by atoms with E-state index < -0.39 is 0 Å². The van der Waals surface area contributed by atoms with Crippen LogP contribution in [0, 0.1) is 13.8 Å². The molecule has 2 aromatic rings. The monoisotopic (exact) mass is 285 g/mol. The third kappa shape index (κ3) is 3.38. The Morgan fingerprint density at radius 3 is 2.29 bits per heavy atom. The predicted octanol–water partition coefficient (Wildman–Crippen LogP) is 4.89. The van der Waals surface area contributed by atoms with Gasteiger partial charge in [-0.15, -0.1) is 0 Å². The standard InChI is InChI=1S/C19H27NO/c1-7-20-18(16-12-13(2)21-14(16)3)15-10-8-9-11-17(15)19(4,5)6/h8-12,18,20H,7H2,1-6H3. The summed E-state index contributed by atoms with van der Waals surface area (Å²) in [6.45, 7) is 13.9. The molecular weight excluding hydrogens is 258 g/mol. The minimum Gasteiger partial charge on any atom is -0.466 e. The molecule has 0 aliphatic carbocycles. The van der Waals surface area contributed by atoms with E-state index in [9.17, 15) is 0 Å². The van der Waals surface area contributed by atoms with Crippen LogP contribution in [0.2, 0.25) is 0 Å². The SMILES string of the molecule is CCNC(c1ccccc1C(C)(C)C)c1cc(C)oc1C. The molecule has 1 N–H and O–H groups in total.